The van der Waals surface area contributed by atoms with Crippen molar-refractivity contribution < 1.29 is 4.74 Å². The van der Waals surface area contributed by atoms with Crippen LogP contribution in [0, 0.1) is 11.3 Å². The van der Waals surface area contributed by atoms with Gasteiger partial charge in [0, 0.05) is 5.56 Å². The maximum Gasteiger partial charge on any atom is 0.174 e. The molecule has 0 heterocycles. The number of hydrogen-bond donors (Lipinski definition) is 0. The minimum Gasteiger partial charge on any atom is -0.478 e. The summed E-state index contributed by atoms with van der Waals surface area (Å²) in [7, 11) is 0. The number of ether oxygens (including phenoxy) is 1. The van der Waals surface area contributed by atoms with Crippen LogP contribution in [0.15, 0.2) is 54.6 Å². The normalized spacial score (nSPS) is 9.44. The summed E-state index contributed by atoms with van der Waals surface area (Å²) in [4.78, 5) is 0. The van der Waals surface area contributed by atoms with E-state index in [4.69, 9.17) is 10.00 Å². The minimum absolute atomic E-state index is 0.0733. The summed E-state index contributed by atoms with van der Waals surface area (Å²) in [5, 5.41) is 8.51. The number of para-hydroxylation sites is 1. The molecule has 78 valence electrons. The van der Waals surface area contributed by atoms with E-state index in [0.717, 1.165) is 16.9 Å². The lowest BCUT2D eigenvalue weighted by atomic mass is 10.1. The van der Waals surface area contributed by atoms with Crippen molar-refractivity contribution in [2.24, 2.45) is 0 Å². The molecule has 0 bridgehead atoms. The van der Waals surface area contributed by atoms with Gasteiger partial charge in [-0.25, -0.2) is 0 Å². The Hall–Kier alpha value is -2.27. The topological polar surface area (TPSA) is 33.0 Å². The molecule has 0 aliphatic carbocycles. The number of rotatable bonds is 3. The number of nitrogens with zero attached hydrogens (tertiary/aromatic N) is 1. The van der Waals surface area contributed by atoms with Crippen LogP contribution in [0.25, 0.3) is 11.1 Å². The highest BCUT2D eigenvalue weighted by atomic mass is 16.5. The lowest BCUT2D eigenvalue weighted by Gasteiger charge is -2.08. The number of hydrogen-bond acceptors (Lipinski definition) is 2. The van der Waals surface area contributed by atoms with Gasteiger partial charge in [0.15, 0.2) is 6.61 Å². The van der Waals surface area contributed by atoms with Gasteiger partial charge in [-0.1, -0.05) is 48.5 Å². The smallest absolute Gasteiger partial charge is 0.174 e. The van der Waals surface area contributed by atoms with Gasteiger partial charge in [0.05, 0.1) is 0 Å². The average molecular weight is 209 g/mol. The molecule has 0 spiro atoms. The molecule has 0 atom stereocenters. The standard InChI is InChI=1S/C14H11NO/c15-10-11-16-14-9-5-4-8-13(14)12-6-2-1-3-7-12/h1-9H,11H2. The van der Waals surface area contributed by atoms with Gasteiger partial charge in [-0.2, -0.15) is 5.26 Å². The lowest BCUT2D eigenvalue weighted by Crippen LogP contribution is -1.95. The van der Waals surface area contributed by atoms with Crippen molar-refractivity contribution in [2.45, 2.75) is 0 Å². The van der Waals surface area contributed by atoms with Crippen LogP contribution in [0.2, 0.25) is 0 Å². The average Bonchev–Trinajstić information content (AvgIpc) is 2.38. The molecule has 0 aliphatic heterocycles. The van der Waals surface area contributed by atoms with Crippen molar-refractivity contribution in [3.05, 3.63) is 54.6 Å². The first-order chi connectivity index (χ1) is 7.92. The Morgan fingerprint density at radius 3 is 2.38 bits per heavy atom. The predicted molar refractivity (Wildman–Crippen MR) is 63.0 cm³/mol. The predicted octanol–water partition coefficient (Wildman–Crippen LogP) is 3.26. The Labute approximate surface area is 94.7 Å². The second-order valence-electron chi connectivity index (χ2n) is 3.31. The van der Waals surface area contributed by atoms with Gasteiger partial charge in [-0.3, -0.25) is 0 Å². The van der Waals surface area contributed by atoms with E-state index in [1.54, 1.807) is 0 Å². The van der Waals surface area contributed by atoms with Crippen LogP contribution in [0.5, 0.6) is 5.75 Å². The minimum atomic E-state index is 0.0733. The van der Waals surface area contributed by atoms with Crippen molar-refractivity contribution in [3.8, 4) is 22.9 Å². The Kier molecular flexibility index (Phi) is 3.20. The van der Waals surface area contributed by atoms with Gasteiger partial charge < -0.3 is 4.74 Å². The first kappa shape index (κ1) is 10.3. The summed E-state index contributed by atoms with van der Waals surface area (Å²) in [5.74, 6) is 0.746. The highest BCUT2D eigenvalue weighted by Crippen LogP contribution is 2.29. The molecule has 2 heteroatoms. The quantitative estimate of drug-likeness (QED) is 0.777. The second-order valence-corrected chi connectivity index (χ2v) is 3.31. The summed E-state index contributed by atoms with van der Waals surface area (Å²) >= 11 is 0. The van der Waals surface area contributed by atoms with E-state index in [0.29, 0.717) is 0 Å². The van der Waals surface area contributed by atoms with E-state index in [9.17, 15) is 0 Å². The zero-order valence-corrected chi connectivity index (χ0v) is 8.76. The molecule has 2 rings (SSSR count). The van der Waals surface area contributed by atoms with Crippen molar-refractivity contribution in [1.82, 2.24) is 0 Å². The van der Waals surface area contributed by atoms with Crippen molar-refractivity contribution >= 4 is 0 Å². The van der Waals surface area contributed by atoms with Gasteiger partial charge in [-0.15, -0.1) is 0 Å². The molecule has 2 aromatic rings. The van der Waals surface area contributed by atoms with Crippen LogP contribution in [0.4, 0.5) is 0 Å². The Balaban J connectivity index is 2.38. The first-order valence-corrected chi connectivity index (χ1v) is 5.06. The first-order valence-electron chi connectivity index (χ1n) is 5.06. The number of benzene rings is 2. The van der Waals surface area contributed by atoms with Gasteiger partial charge in [0.25, 0.3) is 0 Å². The third-order valence-corrected chi connectivity index (χ3v) is 2.26. The largest absolute Gasteiger partial charge is 0.478 e. The van der Waals surface area contributed by atoms with Gasteiger partial charge >= 0.3 is 0 Å². The van der Waals surface area contributed by atoms with Gasteiger partial charge in [0.1, 0.15) is 11.8 Å². The van der Waals surface area contributed by atoms with E-state index in [-0.39, 0.29) is 6.61 Å². The molecular weight excluding hydrogens is 198 g/mol. The highest BCUT2D eigenvalue weighted by Gasteiger charge is 2.04. The molecule has 0 saturated carbocycles. The lowest BCUT2D eigenvalue weighted by molar-refractivity contribution is 0.369. The summed E-state index contributed by atoms with van der Waals surface area (Å²) in [5.41, 5.74) is 2.11. The molecule has 0 saturated heterocycles. The van der Waals surface area contributed by atoms with E-state index in [2.05, 4.69) is 0 Å². The Morgan fingerprint density at radius 2 is 1.62 bits per heavy atom. The summed E-state index contributed by atoms with van der Waals surface area (Å²) in [6.45, 7) is 0.0733. The molecule has 0 unspecified atom stereocenters. The van der Waals surface area contributed by atoms with E-state index < -0.39 is 0 Å². The van der Waals surface area contributed by atoms with E-state index in [1.807, 2.05) is 60.7 Å². The Morgan fingerprint density at radius 1 is 0.938 bits per heavy atom. The van der Waals surface area contributed by atoms with E-state index in [1.165, 1.54) is 0 Å². The monoisotopic (exact) mass is 209 g/mol. The zero-order chi connectivity index (χ0) is 11.2. The molecule has 0 fully saturated rings. The Bertz CT molecular complexity index is 500. The molecule has 0 aromatic heterocycles. The highest BCUT2D eigenvalue weighted by molar-refractivity contribution is 5.70. The molecule has 0 radical (unpaired) electrons. The van der Waals surface area contributed by atoms with Crippen LogP contribution >= 0.6 is 0 Å². The fraction of sp³-hybridized carbons (Fsp3) is 0.0714. The third-order valence-electron chi connectivity index (χ3n) is 2.26. The molecule has 0 N–H and O–H groups in total. The molecule has 2 aromatic carbocycles. The summed E-state index contributed by atoms with van der Waals surface area (Å²) in [6.07, 6.45) is 0. The van der Waals surface area contributed by atoms with Gasteiger partial charge in [-0.05, 0) is 11.6 Å². The van der Waals surface area contributed by atoms with Crippen molar-refractivity contribution in [3.63, 3.8) is 0 Å². The molecule has 2 nitrogen and oxygen atoms in total. The van der Waals surface area contributed by atoms with Crippen LogP contribution in [0.3, 0.4) is 0 Å². The van der Waals surface area contributed by atoms with Crippen LogP contribution < -0.4 is 4.74 Å². The second kappa shape index (κ2) is 4.99. The maximum absolute atomic E-state index is 8.51. The SMILES string of the molecule is N#CCOc1ccccc1-c1ccccc1. The molecule has 0 aliphatic rings. The fourth-order valence-electron chi connectivity index (χ4n) is 1.56. The van der Waals surface area contributed by atoms with Crippen LogP contribution in [-0.4, -0.2) is 6.61 Å². The van der Waals surface area contributed by atoms with Crippen molar-refractivity contribution in [2.75, 3.05) is 6.61 Å². The third kappa shape index (κ3) is 2.21. The fourth-order valence-corrected chi connectivity index (χ4v) is 1.56. The number of nitriles is 1. The van der Waals surface area contributed by atoms with Crippen LogP contribution in [0.1, 0.15) is 0 Å². The maximum atomic E-state index is 8.51. The van der Waals surface area contributed by atoms with E-state index >= 15 is 0 Å². The molecular formula is C14H11NO. The summed E-state index contributed by atoms with van der Waals surface area (Å²) in [6, 6.07) is 19.7. The summed E-state index contributed by atoms with van der Waals surface area (Å²) < 4.78 is 5.38. The molecule has 16 heavy (non-hydrogen) atoms. The van der Waals surface area contributed by atoms with Gasteiger partial charge in [0.2, 0.25) is 0 Å². The molecule has 0 amide bonds. The van der Waals surface area contributed by atoms with Crippen LogP contribution in [-0.2, 0) is 0 Å². The van der Waals surface area contributed by atoms with Crippen molar-refractivity contribution in [1.29, 1.82) is 5.26 Å². The zero-order valence-electron chi connectivity index (χ0n) is 8.76.